The van der Waals surface area contributed by atoms with Gasteiger partial charge in [-0.05, 0) is 38.0 Å². The first-order valence-electron chi connectivity index (χ1n) is 10.4. The second kappa shape index (κ2) is 11.2. The molecule has 0 fully saturated rings. The van der Waals surface area contributed by atoms with E-state index in [-0.39, 0.29) is 16.9 Å². The number of ether oxygens (including phenoxy) is 1. The molecule has 0 unspecified atom stereocenters. The minimum atomic E-state index is -1.12. The number of anilines is 1. The minimum absolute atomic E-state index is 0.00320. The summed E-state index contributed by atoms with van der Waals surface area (Å²) in [4.78, 5) is 27.0. The van der Waals surface area contributed by atoms with Crippen molar-refractivity contribution in [2.24, 2.45) is 0 Å². The molecule has 0 amide bonds. The van der Waals surface area contributed by atoms with Gasteiger partial charge in [-0.3, -0.25) is 4.79 Å². The highest BCUT2D eigenvalue weighted by atomic mass is 16.5. The van der Waals surface area contributed by atoms with Crippen LogP contribution in [0, 0.1) is 0 Å². The van der Waals surface area contributed by atoms with E-state index in [1.54, 1.807) is 24.3 Å². The summed E-state index contributed by atoms with van der Waals surface area (Å²) in [6, 6.07) is 11.9. The molecule has 0 radical (unpaired) electrons. The molecule has 0 aliphatic heterocycles. The number of aromatic carboxylic acids is 1. The topological polar surface area (TPSA) is 66.8 Å². The fraction of sp³-hybridized carbons (Fsp3) is 0.417. The van der Waals surface area contributed by atoms with Crippen molar-refractivity contribution in [2.45, 2.75) is 46.5 Å². The highest BCUT2D eigenvalue weighted by molar-refractivity contribution is 6.15. The summed E-state index contributed by atoms with van der Waals surface area (Å²) in [7, 11) is 0. The lowest BCUT2D eigenvalue weighted by Crippen LogP contribution is -2.25. The predicted octanol–water partition coefficient (Wildman–Crippen LogP) is 5.42. The van der Waals surface area contributed by atoms with Crippen LogP contribution < -0.4 is 9.64 Å². The third kappa shape index (κ3) is 5.83. The molecule has 0 aromatic heterocycles. The van der Waals surface area contributed by atoms with Gasteiger partial charge in [0.2, 0.25) is 0 Å². The first-order valence-corrected chi connectivity index (χ1v) is 10.4. The average Bonchev–Trinajstić information content (AvgIpc) is 2.73. The van der Waals surface area contributed by atoms with Crippen molar-refractivity contribution in [3.05, 3.63) is 59.2 Å². The van der Waals surface area contributed by atoms with E-state index in [0.29, 0.717) is 17.9 Å². The first-order chi connectivity index (χ1) is 14.0. The number of hydrogen-bond donors (Lipinski definition) is 1. The Morgan fingerprint density at radius 3 is 2.07 bits per heavy atom. The van der Waals surface area contributed by atoms with Crippen LogP contribution in [0.25, 0.3) is 0 Å². The molecule has 5 heteroatoms. The summed E-state index contributed by atoms with van der Waals surface area (Å²) in [5.74, 6) is -0.964. The maximum absolute atomic E-state index is 13.1. The van der Waals surface area contributed by atoms with Crippen LogP contribution in [0.15, 0.2) is 42.5 Å². The molecule has 0 atom stereocenters. The molecule has 0 saturated carbocycles. The molecule has 29 heavy (non-hydrogen) atoms. The zero-order chi connectivity index (χ0) is 21.2. The lowest BCUT2D eigenvalue weighted by Gasteiger charge is -2.26. The van der Waals surface area contributed by atoms with Gasteiger partial charge in [-0.1, -0.05) is 44.9 Å². The summed E-state index contributed by atoms with van der Waals surface area (Å²) < 4.78 is 5.78. The number of carbonyl (C=O) groups excluding carboxylic acids is 1. The van der Waals surface area contributed by atoms with Crippen molar-refractivity contribution in [2.75, 3.05) is 24.6 Å². The number of unbranched alkanes of at least 4 members (excludes halogenated alkanes) is 2. The normalized spacial score (nSPS) is 10.6. The van der Waals surface area contributed by atoms with Gasteiger partial charge in [-0.25, -0.2) is 4.79 Å². The monoisotopic (exact) mass is 397 g/mol. The van der Waals surface area contributed by atoms with Gasteiger partial charge in [0.05, 0.1) is 17.7 Å². The van der Waals surface area contributed by atoms with Gasteiger partial charge in [0.25, 0.3) is 0 Å². The average molecular weight is 398 g/mol. The molecule has 1 N–H and O–H groups in total. The third-order valence-electron chi connectivity index (χ3n) is 4.84. The number of rotatable bonds is 12. The van der Waals surface area contributed by atoms with Gasteiger partial charge >= 0.3 is 5.97 Å². The molecule has 0 aliphatic carbocycles. The molecular weight excluding hydrogens is 366 g/mol. The predicted molar refractivity (Wildman–Crippen MR) is 116 cm³/mol. The van der Waals surface area contributed by atoms with Crippen molar-refractivity contribution < 1.29 is 19.4 Å². The highest BCUT2D eigenvalue weighted by Gasteiger charge is 2.21. The van der Waals surface area contributed by atoms with E-state index in [9.17, 15) is 14.7 Å². The smallest absolute Gasteiger partial charge is 0.336 e. The largest absolute Gasteiger partial charge is 0.493 e. The number of nitrogens with zero attached hydrogens (tertiary/aromatic N) is 1. The molecule has 5 nitrogen and oxygen atoms in total. The molecule has 0 spiro atoms. The number of hydrogen-bond acceptors (Lipinski definition) is 4. The standard InChI is InChI=1S/C24H31NO4/c1-4-7-15-25(16-8-5-2)18-13-14-21(22(17-18)29-6-3)23(26)19-11-9-10-12-20(19)24(27)28/h9-14,17H,4-8,15-16H2,1-3H3,(H,27,28). The summed E-state index contributed by atoms with van der Waals surface area (Å²) >= 11 is 0. The third-order valence-corrected chi connectivity index (χ3v) is 4.84. The maximum Gasteiger partial charge on any atom is 0.336 e. The van der Waals surface area contributed by atoms with Gasteiger partial charge in [-0.2, -0.15) is 0 Å². The van der Waals surface area contributed by atoms with E-state index in [0.717, 1.165) is 44.5 Å². The van der Waals surface area contributed by atoms with Crippen LogP contribution >= 0.6 is 0 Å². The number of carbonyl (C=O) groups is 2. The number of carboxylic acid groups (broad SMARTS) is 1. The summed E-state index contributed by atoms with van der Waals surface area (Å²) in [5.41, 5.74) is 1.58. The molecule has 0 aliphatic rings. The zero-order valence-corrected chi connectivity index (χ0v) is 17.6. The van der Waals surface area contributed by atoms with E-state index in [4.69, 9.17) is 4.74 Å². The van der Waals surface area contributed by atoms with Gasteiger partial charge in [0.15, 0.2) is 5.78 Å². The number of benzene rings is 2. The molecule has 2 aromatic rings. The van der Waals surface area contributed by atoms with Crippen molar-refractivity contribution in [1.29, 1.82) is 0 Å². The lowest BCUT2D eigenvalue weighted by molar-refractivity contribution is 0.0692. The van der Waals surface area contributed by atoms with Crippen LogP contribution in [0.5, 0.6) is 5.75 Å². The molecule has 0 heterocycles. The minimum Gasteiger partial charge on any atom is -0.493 e. The maximum atomic E-state index is 13.1. The quantitative estimate of drug-likeness (QED) is 0.484. The fourth-order valence-corrected chi connectivity index (χ4v) is 3.25. The van der Waals surface area contributed by atoms with Crippen molar-refractivity contribution >= 4 is 17.4 Å². The molecule has 156 valence electrons. The van der Waals surface area contributed by atoms with Crippen LogP contribution in [-0.4, -0.2) is 36.6 Å². The Hall–Kier alpha value is -2.82. The first kappa shape index (κ1) is 22.5. The lowest BCUT2D eigenvalue weighted by atomic mass is 9.97. The van der Waals surface area contributed by atoms with E-state index >= 15 is 0 Å². The summed E-state index contributed by atoms with van der Waals surface area (Å²) in [5, 5.41) is 9.43. The van der Waals surface area contributed by atoms with Crippen LogP contribution in [0.3, 0.4) is 0 Å². The van der Waals surface area contributed by atoms with Gasteiger partial charge in [0, 0.05) is 30.4 Å². The highest BCUT2D eigenvalue weighted by Crippen LogP contribution is 2.29. The van der Waals surface area contributed by atoms with Crippen molar-refractivity contribution in [3.8, 4) is 5.75 Å². The molecular formula is C24H31NO4. The van der Waals surface area contributed by atoms with Crippen molar-refractivity contribution in [3.63, 3.8) is 0 Å². The van der Waals surface area contributed by atoms with E-state index in [2.05, 4.69) is 18.7 Å². The summed E-state index contributed by atoms with van der Waals surface area (Å²) in [6.45, 7) is 8.55. The van der Waals surface area contributed by atoms with Gasteiger partial charge < -0.3 is 14.7 Å². The molecule has 2 rings (SSSR count). The van der Waals surface area contributed by atoms with Crippen LogP contribution in [-0.2, 0) is 0 Å². The Morgan fingerprint density at radius 2 is 1.52 bits per heavy atom. The fourth-order valence-electron chi connectivity index (χ4n) is 3.25. The van der Waals surface area contributed by atoms with Crippen LogP contribution in [0.2, 0.25) is 0 Å². The second-order valence-electron chi connectivity index (χ2n) is 6.99. The van der Waals surface area contributed by atoms with E-state index in [1.807, 2.05) is 19.1 Å². The Labute approximate surface area is 173 Å². The van der Waals surface area contributed by atoms with Crippen LogP contribution in [0.4, 0.5) is 5.69 Å². The molecule has 2 aromatic carbocycles. The second-order valence-corrected chi connectivity index (χ2v) is 6.99. The Balaban J connectivity index is 2.43. The SMILES string of the molecule is CCCCN(CCCC)c1ccc(C(=O)c2ccccc2C(=O)O)c(OCC)c1. The summed E-state index contributed by atoms with van der Waals surface area (Å²) in [6.07, 6.45) is 4.42. The Morgan fingerprint density at radius 1 is 0.897 bits per heavy atom. The van der Waals surface area contributed by atoms with E-state index < -0.39 is 5.97 Å². The van der Waals surface area contributed by atoms with Crippen molar-refractivity contribution in [1.82, 2.24) is 0 Å². The number of carboxylic acids is 1. The zero-order valence-electron chi connectivity index (χ0n) is 17.6. The Kier molecular flexibility index (Phi) is 8.71. The molecule has 0 saturated heterocycles. The Bertz CT molecular complexity index is 823. The molecule has 0 bridgehead atoms. The van der Waals surface area contributed by atoms with Gasteiger partial charge in [0.1, 0.15) is 5.75 Å². The van der Waals surface area contributed by atoms with Crippen LogP contribution in [0.1, 0.15) is 72.7 Å². The van der Waals surface area contributed by atoms with E-state index in [1.165, 1.54) is 6.07 Å². The number of ketones is 1. The van der Waals surface area contributed by atoms with Gasteiger partial charge in [-0.15, -0.1) is 0 Å².